The van der Waals surface area contributed by atoms with E-state index in [1.54, 1.807) is 7.11 Å². The molecule has 3 heteroatoms. The number of piperidine rings is 1. The SMILES string of the molecule is COc1ccc(CN2CCC[C@]3(CCC[C@H]3OC)C2)c(C)c1. The van der Waals surface area contributed by atoms with E-state index < -0.39 is 0 Å². The molecule has 22 heavy (non-hydrogen) atoms. The molecule has 0 amide bonds. The molecule has 1 aliphatic carbocycles. The van der Waals surface area contributed by atoms with Crippen LogP contribution in [0.4, 0.5) is 0 Å². The summed E-state index contributed by atoms with van der Waals surface area (Å²) in [6, 6.07) is 6.44. The van der Waals surface area contributed by atoms with Crippen LogP contribution >= 0.6 is 0 Å². The van der Waals surface area contributed by atoms with Crippen molar-refractivity contribution < 1.29 is 9.47 Å². The number of hydrogen-bond acceptors (Lipinski definition) is 3. The van der Waals surface area contributed by atoms with Gasteiger partial charge in [-0.1, -0.05) is 12.5 Å². The van der Waals surface area contributed by atoms with Crippen molar-refractivity contribution in [2.75, 3.05) is 27.3 Å². The first-order valence-corrected chi connectivity index (χ1v) is 8.55. The quantitative estimate of drug-likeness (QED) is 0.845. The molecule has 1 heterocycles. The molecule has 0 N–H and O–H groups in total. The minimum Gasteiger partial charge on any atom is -0.497 e. The molecule has 1 aromatic rings. The highest BCUT2D eigenvalue weighted by Crippen LogP contribution is 2.46. The van der Waals surface area contributed by atoms with Crippen molar-refractivity contribution in [3.63, 3.8) is 0 Å². The van der Waals surface area contributed by atoms with Crippen LogP contribution in [0.25, 0.3) is 0 Å². The molecule has 0 radical (unpaired) electrons. The topological polar surface area (TPSA) is 21.7 Å². The summed E-state index contributed by atoms with van der Waals surface area (Å²) in [4.78, 5) is 2.63. The third kappa shape index (κ3) is 3.02. The maximum Gasteiger partial charge on any atom is 0.119 e. The lowest BCUT2D eigenvalue weighted by atomic mass is 9.76. The molecule has 2 aliphatic rings. The first-order valence-electron chi connectivity index (χ1n) is 8.55. The maximum atomic E-state index is 5.81. The van der Waals surface area contributed by atoms with Crippen LogP contribution in [-0.2, 0) is 11.3 Å². The third-order valence-electron chi connectivity index (χ3n) is 5.74. The molecular weight excluding hydrogens is 274 g/mol. The molecular formula is C19H29NO2. The Kier molecular flexibility index (Phi) is 4.74. The largest absolute Gasteiger partial charge is 0.497 e. The second kappa shape index (κ2) is 6.59. The Morgan fingerprint density at radius 3 is 2.77 bits per heavy atom. The van der Waals surface area contributed by atoms with Gasteiger partial charge in [0, 0.05) is 25.6 Å². The van der Waals surface area contributed by atoms with Crippen molar-refractivity contribution >= 4 is 0 Å². The van der Waals surface area contributed by atoms with Gasteiger partial charge in [0.25, 0.3) is 0 Å². The van der Waals surface area contributed by atoms with E-state index in [2.05, 4.69) is 30.0 Å². The lowest BCUT2D eigenvalue weighted by Gasteiger charge is -2.44. The Morgan fingerprint density at radius 2 is 2.05 bits per heavy atom. The van der Waals surface area contributed by atoms with Crippen molar-refractivity contribution in [3.8, 4) is 5.75 Å². The van der Waals surface area contributed by atoms with E-state index in [-0.39, 0.29) is 0 Å². The monoisotopic (exact) mass is 303 g/mol. The highest BCUT2D eigenvalue weighted by atomic mass is 16.5. The van der Waals surface area contributed by atoms with Crippen LogP contribution in [0.1, 0.15) is 43.2 Å². The second-order valence-corrected chi connectivity index (χ2v) is 7.09. The molecule has 2 fully saturated rings. The van der Waals surface area contributed by atoms with Crippen molar-refractivity contribution in [1.82, 2.24) is 4.90 Å². The highest BCUT2D eigenvalue weighted by Gasteiger charge is 2.45. The molecule has 2 atom stereocenters. The van der Waals surface area contributed by atoms with E-state index in [0.29, 0.717) is 11.5 Å². The van der Waals surface area contributed by atoms with Crippen molar-refractivity contribution in [2.45, 2.75) is 51.7 Å². The predicted molar refractivity (Wildman–Crippen MR) is 89.3 cm³/mol. The Morgan fingerprint density at radius 1 is 1.23 bits per heavy atom. The van der Waals surface area contributed by atoms with Crippen molar-refractivity contribution in [1.29, 1.82) is 0 Å². The number of rotatable bonds is 4. The number of hydrogen-bond donors (Lipinski definition) is 0. The normalized spacial score (nSPS) is 29.1. The standard InChI is InChI=1S/C19H29NO2/c1-15-12-17(21-2)8-7-16(15)13-20-11-5-10-19(14-20)9-4-6-18(19)22-3/h7-8,12,18H,4-6,9-11,13-14H2,1-3H3/t18-,19-/m1/s1. The number of benzene rings is 1. The fraction of sp³-hybridized carbons (Fsp3) is 0.684. The zero-order valence-electron chi connectivity index (χ0n) is 14.2. The number of methoxy groups -OCH3 is 2. The van der Waals surface area contributed by atoms with Crippen LogP contribution in [0.3, 0.4) is 0 Å². The molecule has 3 rings (SSSR count). The van der Waals surface area contributed by atoms with Gasteiger partial charge in [-0.15, -0.1) is 0 Å². The molecule has 0 unspecified atom stereocenters. The maximum absolute atomic E-state index is 5.81. The van der Waals surface area contributed by atoms with Crippen LogP contribution in [0.5, 0.6) is 5.75 Å². The predicted octanol–water partition coefficient (Wildman–Crippen LogP) is 3.78. The van der Waals surface area contributed by atoms with Crippen LogP contribution in [0, 0.1) is 12.3 Å². The fourth-order valence-corrected chi connectivity index (χ4v) is 4.55. The van der Waals surface area contributed by atoms with Crippen LogP contribution < -0.4 is 4.74 Å². The Bertz CT molecular complexity index is 516. The summed E-state index contributed by atoms with van der Waals surface area (Å²) in [5.74, 6) is 0.951. The van der Waals surface area contributed by atoms with Gasteiger partial charge in [-0.2, -0.15) is 0 Å². The average molecular weight is 303 g/mol. The molecule has 1 aromatic carbocycles. The first kappa shape index (κ1) is 15.8. The molecule has 1 saturated heterocycles. The van der Waals surface area contributed by atoms with Crippen LogP contribution in [-0.4, -0.2) is 38.3 Å². The van der Waals surface area contributed by atoms with E-state index in [0.717, 1.165) is 12.3 Å². The number of nitrogens with zero attached hydrogens (tertiary/aromatic N) is 1. The summed E-state index contributed by atoms with van der Waals surface area (Å²) < 4.78 is 11.1. The summed E-state index contributed by atoms with van der Waals surface area (Å²) in [5, 5.41) is 0. The minimum atomic E-state index is 0.410. The van der Waals surface area contributed by atoms with Crippen molar-refractivity contribution in [2.24, 2.45) is 5.41 Å². The number of ether oxygens (including phenoxy) is 2. The van der Waals surface area contributed by atoms with Gasteiger partial charge in [0.2, 0.25) is 0 Å². The highest BCUT2D eigenvalue weighted by molar-refractivity contribution is 5.34. The summed E-state index contributed by atoms with van der Waals surface area (Å²) in [7, 11) is 3.62. The first-order chi connectivity index (χ1) is 10.7. The summed E-state index contributed by atoms with van der Waals surface area (Å²) >= 11 is 0. The summed E-state index contributed by atoms with van der Waals surface area (Å²) in [6.45, 7) is 5.64. The van der Waals surface area contributed by atoms with Gasteiger partial charge < -0.3 is 9.47 Å². The van der Waals surface area contributed by atoms with Gasteiger partial charge in [0.1, 0.15) is 5.75 Å². The third-order valence-corrected chi connectivity index (χ3v) is 5.74. The Hall–Kier alpha value is -1.06. The van der Waals surface area contributed by atoms with Gasteiger partial charge in [-0.3, -0.25) is 4.90 Å². The molecule has 1 spiro atoms. The zero-order valence-corrected chi connectivity index (χ0v) is 14.2. The van der Waals surface area contributed by atoms with Gasteiger partial charge in [-0.05, 0) is 62.4 Å². The smallest absolute Gasteiger partial charge is 0.119 e. The number of aryl methyl sites for hydroxylation is 1. The lowest BCUT2D eigenvalue weighted by Crippen LogP contribution is -2.47. The minimum absolute atomic E-state index is 0.410. The van der Waals surface area contributed by atoms with Crippen LogP contribution in [0.15, 0.2) is 18.2 Å². The fourth-order valence-electron chi connectivity index (χ4n) is 4.55. The van der Waals surface area contributed by atoms with E-state index in [4.69, 9.17) is 9.47 Å². The van der Waals surface area contributed by atoms with E-state index in [1.807, 2.05) is 7.11 Å². The summed E-state index contributed by atoms with van der Waals surface area (Å²) in [6.07, 6.45) is 7.01. The molecule has 3 nitrogen and oxygen atoms in total. The molecule has 0 aromatic heterocycles. The van der Waals surface area contributed by atoms with E-state index in [9.17, 15) is 0 Å². The van der Waals surface area contributed by atoms with Gasteiger partial charge in [-0.25, -0.2) is 0 Å². The molecule has 0 bridgehead atoms. The van der Waals surface area contributed by atoms with Gasteiger partial charge in [0.05, 0.1) is 13.2 Å². The second-order valence-electron chi connectivity index (χ2n) is 7.09. The van der Waals surface area contributed by atoms with Crippen molar-refractivity contribution in [3.05, 3.63) is 29.3 Å². The van der Waals surface area contributed by atoms with Crippen LogP contribution in [0.2, 0.25) is 0 Å². The van der Waals surface area contributed by atoms with Gasteiger partial charge >= 0.3 is 0 Å². The lowest BCUT2D eigenvalue weighted by molar-refractivity contribution is -0.0366. The van der Waals surface area contributed by atoms with E-state index in [1.165, 1.54) is 56.3 Å². The van der Waals surface area contributed by atoms with Gasteiger partial charge in [0.15, 0.2) is 0 Å². The Balaban J connectivity index is 1.70. The Labute approximate surface area is 134 Å². The molecule has 1 saturated carbocycles. The zero-order chi connectivity index (χ0) is 15.6. The number of likely N-dealkylation sites (tertiary alicyclic amines) is 1. The average Bonchev–Trinajstić information content (AvgIpc) is 2.91. The molecule has 122 valence electrons. The summed E-state index contributed by atoms with van der Waals surface area (Å²) in [5.41, 5.74) is 3.16. The molecule has 1 aliphatic heterocycles. The van der Waals surface area contributed by atoms with E-state index >= 15 is 0 Å².